The third kappa shape index (κ3) is 22.2. The van der Waals surface area contributed by atoms with Crippen LogP contribution in [0.3, 0.4) is 0 Å². The second-order valence-corrected chi connectivity index (χ2v) is 20.8. The lowest BCUT2D eigenvalue weighted by molar-refractivity contribution is -0.356. The van der Waals surface area contributed by atoms with E-state index in [1.54, 1.807) is 114 Å². The fourth-order valence-electron chi connectivity index (χ4n) is 8.08. The van der Waals surface area contributed by atoms with Crippen LogP contribution in [-0.4, -0.2) is 103 Å². The number of esters is 3. The maximum absolute atomic E-state index is 14.3. The zero-order valence-corrected chi connectivity index (χ0v) is 45.5. The summed E-state index contributed by atoms with van der Waals surface area (Å²) in [5, 5.41) is 3.07. The van der Waals surface area contributed by atoms with Crippen LogP contribution in [0.5, 0.6) is 0 Å². The van der Waals surface area contributed by atoms with E-state index in [4.69, 9.17) is 42.6 Å². The van der Waals surface area contributed by atoms with Crippen molar-refractivity contribution < 1.29 is 71.4 Å². The highest BCUT2D eigenvalue weighted by molar-refractivity contribution is 5.91. The standard InChI is InChI=1S/C59H81NO15/c1-10-12-14-16-18-20-31-39-48(61)60-45(46(38-30-19-17-15-13-11-2)69-52(62)42-32-24-21-25-33-42)40-68-59(9)51(72-54(64)44-36-28-23-29-37-44)50(70-53(63)43-34-26-22-27-35-43)49(71-56(66)75-58(6,7)8)47(73-59)41-67-55(65)74-57(3,4)5/h21-30,32-38,45-47,49-51H,10-20,31,39-41H2,1-9H3,(H,60,61)/t45-,46+,47+,49-,50-,51+,59-/m0/s1. The van der Waals surface area contributed by atoms with E-state index in [1.807, 2.05) is 6.08 Å². The maximum Gasteiger partial charge on any atom is 0.509 e. The van der Waals surface area contributed by atoms with Crippen molar-refractivity contribution in [2.45, 2.75) is 199 Å². The fraction of sp³-hybridized carbons (Fsp3) is 0.559. The summed E-state index contributed by atoms with van der Waals surface area (Å²) in [5.41, 5.74) is -1.58. The molecule has 0 aromatic heterocycles. The first kappa shape index (κ1) is 61.3. The molecule has 0 saturated carbocycles. The zero-order chi connectivity index (χ0) is 54.9. The molecule has 0 bridgehead atoms. The van der Waals surface area contributed by atoms with Gasteiger partial charge in [0, 0.05) is 6.42 Å². The Bertz CT molecular complexity index is 2240. The van der Waals surface area contributed by atoms with Gasteiger partial charge in [0.15, 0.2) is 18.3 Å². The molecule has 0 unspecified atom stereocenters. The molecule has 75 heavy (non-hydrogen) atoms. The van der Waals surface area contributed by atoms with E-state index < -0.39 is 97.0 Å². The normalized spacial score (nSPS) is 19.5. The molecule has 1 heterocycles. The van der Waals surface area contributed by atoms with Gasteiger partial charge in [-0.05, 0) is 110 Å². The Morgan fingerprint density at radius 1 is 0.613 bits per heavy atom. The molecule has 1 saturated heterocycles. The first-order chi connectivity index (χ1) is 35.7. The Kier molecular flexibility index (Phi) is 25.3. The van der Waals surface area contributed by atoms with E-state index in [0.29, 0.717) is 12.8 Å². The van der Waals surface area contributed by atoms with Crippen LogP contribution in [0.2, 0.25) is 0 Å². The molecule has 0 aliphatic carbocycles. The summed E-state index contributed by atoms with van der Waals surface area (Å²) in [5.74, 6) is -5.02. The van der Waals surface area contributed by atoms with Crippen LogP contribution < -0.4 is 5.32 Å². The predicted octanol–water partition coefficient (Wildman–Crippen LogP) is 12.2. The average Bonchev–Trinajstić information content (AvgIpc) is 3.36. The van der Waals surface area contributed by atoms with Gasteiger partial charge in [-0.2, -0.15) is 0 Å². The first-order valence-corrected chi connectivity index (χ1v) is 26.5. The second-order valence-electron chi connectivity index (χ2n) is 20.8. The minimum atomic E-state index is -2.21. The Morgan fingerprint density at radius 2 is 1.11 bits per heavy atom. The number of amides is 1. The Labute approximate surface area is 443 Å². The smallest absolute Gasteiger partial charge is 0.452 e. The molecule has 1 aliphatic heterocycles. The molecule has 1 N–H and O–H groups in total. The number of allylic oxidation sites excluding steroid dienone is 1. The average molecular weight is 1040 g/mol. The SMILES string of the molecule is CCCCCCC=C[C@@H](OC(=O)c1ccccc1)[C@H](CO[C@@]1(C)O[C@H](COC(=O)OC(C)(C)C)[C@H](OC(=O)OC(C)(C)C)[C@H](OC(=O)c2ccccc2)[C@H]1OC(=O)c1ccccc1)NC(=O)CCCCCCCCC. The van der Waals surface area contributed by atoms with Gasteiger partial charge >= 0.3 is 30.2 Å². The molecule has 1 fully saturated rings. The van der Waals surface area contributed by atoms with Crippen LogP contribution in [-0.2, 0) is 47.4 Å². The Balaban J connectivity index is 1.88. The molecule has 4 rings (SSSR count). The van der Waals surface area contributed by atoms with Crippen molar-refractivity contribution in [3.63, 3.8) is 0 Å². The van der Waals surface area contributed by atoms with E-state index in [2.05, 4.69) is 19.2 Å². The Hall–Kier alpha value is -6.26. The summed E-state index contributed by atoms with van der Waals surface area (Å²) in [6.07, 6.45) is 5.02. The van der Waals surface area contributed by atoms with E-state index in [9.17, 15) is 28.8 Å². The van der Waals surface area contributed by atoms with Crippen LogP contribution in [0.1, 0.15) is 177 Å². The molecule has 1 aliphatic rings. The third-order valence-corrected chi connectivity index (χ3v) is 11.9. The van der Waals surface area contributed by atoms with Crippen LogP contribution >= 0.6 is 0 Å². The fourth-order valence-corrected chi connectivity index (χ4v) is 8.08. The number of rotatable bonds is 28. The van der Waals surface area contributed by atoms with Gasteiger partial charge < -0.3 is 47.9 Å². The molecule has 0 radical (unpaired) electrons. The van der Waals surface area contributed by atoms with Gasteiger partial charge in [-0.1, -0.05) is 132 Å². The first-order valence-electron chi connectivity index (χ1n) is 26.5. The maximum atomic E-state index is 14.3. The molecule has 7 atom stereocenters. The molecular weight excluding hydrogens is 963 g/mol. The number of carbonyl (C=O) groups excluding carboxylic acids is 6. The monoisotopic (exact) mass is 1040 g/mol. The van der Waals surface area contributed by atoms with E-state index in [1.165, 1.54) is 31.2 Å². The van der Waals surface area contributed by atoms with Crippen molar-refractivity contribution in [3.05, 3.63) is 120 Å². The highest BCUT2D eigenvalue weighted by atomic mass is 16.8. The van der Waals surface area contributed by atoms with Gasteiger partial charge in [-0.25, -0.2) is 24.0 Å². The number of hydrogen-bond donors (Lipinski definition) is 1. The predicted molar refractivity (Wildman–Crippen MR) is 282 cm³/mol. The summed E-state index contributed by atoms with van der Waals surface area (Å²) >= 11 is 0. The van der Waals surface area contributed by atoms with Crippen molar-refractivity contribution >= 4 is 36.1 Å². The minimum Gasteiger partial charge on any atom is -0.452 e. The summed E-state index contributed by atoms with van der Waals surface area (Å²) < 4.78 is 54.8. The molecule has 16 heteroatoms. The van der Waals surface area contributed by atoms with Crippen molar-refractivity contribution in [2.24, 2.45) is 0 Å². The van der Waals surface area contributed by atoms with Gasteiger partial charge in [0.25, 0.3) is 0 Å². The molecular formula is C59H81NO15. The van der Waals surface area contributed by atoms with Gasteiger partial charge in [-0.15, -0.1) is 0 Å². The van der Waals surface area contributed by atoms with E-state index >= 15 is 0 Å². The Morgan fingerprint density at radius 3 is 1.65 bits per heavy atom. The minimum absolute atomic E-state index is 0.0885. The molecule has 3 aromatic rings. The molecule has 0 spiro atoms. The van der Waals surface area contributed by atoms with Crippen LogP contribution in [0.25, 0.3) is 0 Å². The number of carbonyl (C=O) groups is 6. The molecule has 3 aromatic carbocycles. The number of hydrogen-bond acceptors (Lipinski definition) is 15. The van der Waals surface area contributed by atoms with E-state index in [-0.39, 0.29) is 29.0 Å². The number of benzene rings is 3. The molecule has 16 nitrogen and oxygen atoms in total. The number of unbranched alkanes of at least 4 members (excludes halogenated alkanes) is 10. The van der Waals surface area contributed by atoms with Gasteiger partial charge in [-0.3, -0.25) is 4.79 Å². The number of ether oxygens (including phenoxy) is 9. The molecule has 1 amide bonds. The molecule has 412 valence electrons. The van der Waals surface area contributed by atoms with Crippen molar-refractivity contribution in [2.75, 3.05) is 13.2 Å². The van der Waals surface area contributed by atoms with E-state index in [0.717, 1.165) is 64.2 Å². The van der Waals surface area contributed by atoms with Gasteiger partial charge in [0.1, 0.15) is 30.0 Å². The van der Waals surface area contributed by atoms with Crippen molar-refractivity contribution in [1.29, 1.82) is 0 Å². The highest BCUT2D eigenvalue weighted by Gasteiger charge is 2.60. The lowest BCUT2D eigenvalue weighted by Crippen LogP contribution is -2.68. The summed E-state index contributed by atoms with van der Waals surface area (Å²) in [7, 11) is 0. The van der Waals surface area contributed by atoms with Crippen molar-refractivity contribution in [3.8, 4) is 0 Å². The number of nitrogens with one attached hydrogen (secondary N) is 1. The summed E-state index contributed by atoms with van der Waals surface area (Å²) in [6.45, 7) is 14.3. The lowest BCUT2D eigenvalue weighted by atomic mass is 9.92. The van der Waals surface area contributed by atoms with Crippen molar-refractivity contribution in [1.82, 2.24) is 5.32 Å². The van der Waals surface area contributed by atoms with Gasteiger partial charge in [0.2, 0.25) is 11.7 Å². The highest BCUT2D eigenvalue weighted by Crippen LogP contribution is 2.38. The summed E-state index contributed by atoms with van der Waals surface area (Å²) in [6, 6.07) is 23.3. The van der Waals surface area contributed by atoms with Gasteiger partial charge in [0.05, 0.1) is 29.3 Å². The topological polar surface area (TPSA) is 198 Å². The quantitative estimate of drug-likeness (QED) is 0.0312. The third-order valence-electron chi connectivity index (χ3n) is 11.9. The van der Waals surface area contributed by atoms with Crippen LogP contribution in [0.15, 0.2) is 103 Å². The van der Waals surface area contributed by atoms with Crippen LogP contribution in [0.4, 0.5) is 9.59 Å². The van der Waals surface area contributed by atoms with Crippen LogP contribution in [0, 0.1) is 0 Å². The summed E-state index contributed by atoms with van der Waals surface area (Å²) in [4.78, 5) is 83.4. The second kappa shape index (κ2) is 30.9. The zero-order valence-electron chi connectivity index (χ0n) is 45.5. The lowest BCUT2D eigenvalue weighted by Gasteiger charge is -2.49. The largest absolute Gasteiger partial charge is 0.509 e.